The Hall–Kier alpha value is -4.93. The van der Waals surface area contributed by atoms with Gasteiger partial charge in [0.25, 0.3) is 0 Å². The number of carboxylic acid groups (broad SMARTS) is 2. The molecule has 3 aromatic carbocycles. The molecule has 0 amide bonds. The van der Waals surface area contributed by atoms with Crippen LogP contribution in [0.1, 0.15) is 5.56 Å². The second kappa shape index (κ2) is 14.9. The number of aliphatic hydroxyl groups is 1. The van der Waals surface area contributed by atoms with Crippen molar-refractivity contribution in [2.24, 2.45) is 0 Å². The highest BCUT2D eigenvalue weighted by molar-refractivity contribution is 5.89. The van der Waals surface area contributed by atoms with Gasteiger partial charge in [0.2, 0.25) is 0 Å². The number of carboxylic acids is 2. The Kier molecular flexibility index (Phi) is 11.0. The molecule has 0 fully saturated rings. The molecule has 0 spiro atoms. The lowest BCUT2D eigenvalue weighted by Crippen LogP contribution is -2.32. The average molecular weight is 548 g/mol. The lowest BCUT2D eigenvalue weighted by Gasteiger charge is -2.14. The maximum atomic E-state index is 12.5. The third-order valence-electron chi connectivity index (χ3n) is 5.48. The highest BCUT2D eigenvalue weighted by Gasteiger charge is 2.10. The van der Waals surface area contributed by atoms with Gasteiger partial charge in [-0.1, -0.05) is 42.5 Å². The molecular weight excluding hydrogens is 518 g/mol. The molecule has 4 rings (SSSR count). The minimum absolute atomic E-state index is 0.111. The highest BCUT2D eigenvalue weighted by atomic mass is 16.5. The summed E-state index contributed by atoms with van der Waals surface area (Å²) in [5, 5.41) is 38.8. The van der Waals surface area contributed by atoms with Crippen molar-refractivity contribution in [2.75, 3.05) is 19.7 Å². The van der Waals surface area contributed by atoms with E-state index in [2.05, 4.69) is 5.32 Å². The van der Waals surface area contributed by atoms with E-state index in [0.717, 1.165) is 17.5 Å². The van der Waals surface area contributed by atoms with E-state index >= 15 is 0 Å². The van der Waals surface area contributed by atoms with Gasteiger partial charge < -0.3 is 34.9 Å². The zero-order valence-corrected chi connectivity index (χ0v) is 21.4. The summed E-state index contributed by atoms with van der Waals surface area (Å²) in [7, 11) is 0. The van der Waals surface area contributed by atoms with Crippen LogP contribution >= 0.6 is 0 Å². The molecular formula is C30H29NO9. The molecule has 1 unspecified atom stereocenters. The van der Waals surface area contributed by atoms with Crippen LogP contribution in [0, 0.1) is 0 Å². The van der Waals surface area contributed by atoms with Crippen molar-refractivity contribution in [2.45, 2.75) is 12.5 Å². The maximum absolute atomic E-state index is 12.5. The van der Waals surface area contributed by atoms with Crippen LogP contribution in [0.4, 0.5) is 0 Å². The monoisotopic (exact) mass is 547 g/mol. The van der Waals surface area contributed by atoms with E-state index in [9.17, 15) is 24.6 Å². The first-order chi connectivity index (χ1) is 19.2. The number of aromatic hydroxyl groups is 1. The molecule has 0 radical (unpaired) electrons. The molecule has 1 heterocycles. The van der Waals surface area contributed by atoms with E-state index in [4.69, 9.17) is 19.4 Å². The number of ether oxygens (including phenoxy) is 1. The van der Waals surface area contributed by atoms with Crippen LogP contribution in [-0.2, 0) is 16.0 Å². The van der Waals surface area contributed by atoms with Crippen molar-refractivity contribution >= 4 is 22.9 Å². The fraction of sp³-hybridized carbons (Fsp3) is 0.167. The van der Waals surface area contributed by atoms with Gasteiger partial charge >= 0.3 is 11.9 Å². The molecule has 1 aromatic heterocycles. The van der Waals surface area contributed by atoms with Gasteiger partial charge in [0, 0.05) is 36.4 Å². The third kappa shape index (κ3) is 9.75. The SMILES string of the molecule is O=C(O)/C=C\C(=O)O.O=c1cc(-c2ccccc2)oc2cc(OCC(O)CNCCc3ccc(O)cc3)ccc12. The predicted octanol–water partition coefficient (Wildman–Crippen LogP) is 3.45. The Morgan fingerprint density at radius 1 is 0.925 bits per heavy atom. The first kappa shape index (κ1) is 29.6. The first-order valence-electron chi connectivity index (χ1n) is 12.3. The molecule has 0 bridgehead atoms. The van der Waals surface area contributed by atoms with E-state index in [-0.39, 0.29) is 17.8 Å². The lowest BCUT2D eigenvalue weighted by molar-refractivity contribution is -0.134. The summed E-state index contributed by atoms with van der Waals surface area (Å²) in [6.45, 7) is 1.20. The zero-order chi connectivity index (χ0) is 28.9. The fourth-order valence-corrected chi connectivity index (χ4v) is 3.53. The number of benzene rings is 3. The quantitative estimate of drug-likeness (QED) is 0.139. The van der Waals surface area contributed by atoms with Gasteiger partial charge in [-0.05, 0) is 42.8 Å². The van der Waals surface area contributed by atoms with Gasteiger partial charge in [0.05, 0.1) is 5.39 Å². The average Bonchev–Trinajstić information content (AvgIpc) is 2.94. The second-order valence-corrected chi connectivity index (χ2v) is 8.59. The molecule has 0 aliphatic heterocycles. The van der Waals surface area contributed by atoms with Crippen molar-refractivity contribution in [1.82, 2.24) is 5.32 Å². The van der Waals surface area contributed by atoms with Crippen molar-refractivity contribution in [1.29, 1.82) is 0 Å². The summed E-state index contributed by atoms with van der Waals surface area (Å²) in [5.41, 5.74) is 2.25. The molecule has 10 nitrogen and oxygen atoms in total. The van der Waals surface area contributed by atoms with E-state index in [1.807, 2.05) is 42.5 Å². The van der Waals surface area contributed by atoms with Crippen molar-refractivity contribution < 1.29 is 39.2 Å². The number of carbonyl (C=O) groups is 2. The summed E-state index contributed by atoms with van der Waals surface area (Å²) < 4.78 is 11.6. The van der Waals surface area contributed by atoms with Crippen molar-refractivity contribution in [3.8, 4) is 22.8 Å². The minimum atomic E-state index is -1.26. The molecule has 10 heteroatoms. The smallest absolute Gasteiger partial charge is 0.328 e. The Labute approximate surface area is 229 Å². The second-order valence-electron chi connectivity index (χ2n) is 8.59. The summed E-state index contributed by atoms with van der Waals surface area (Å²) in [5.74, 6) is -1.24. The topological polar surface area (TPSA) is 167 Å². The summed E-state index contributed by atoms with van der Waals surface area (Å²) in [6, 6.07) is 23.1. The zero-order valence-electron chi connectivity index (χ0n) is 21.4. The molecule has 4 aromatic rings. The number of aliphatic hydroxyl groups excluding tert-OH is 1. The van der Waals surface area contributed by atoms with E-state index < -0.39 is 18.0 Å². The van der Waals surface area contributed by atoms with Gasteiger partial charge in [-0.2, -0.15) is 0 Å². The Morgan fingerprint density at radius 3 is 2.25 bits per heavy atom. The predicted molar refractivity (Wildman–Crippen MR) is 149 cm³/mol. The number of phenols is 1. The van der Waals surface area contributed by atoms with Gasteiger partial charge in [0.1, 0.15) is 35.6 Å². The fourth-order valence-electron chi connectivity index (χ4n) is 3.53. The molecule has 1 atom stereocenters. The molecule has 5 N–H and O–H groups in total. The summed E-state index contributed by atoms with van der Waals surface area (Å²) in [6.07, 6.45) is 1.22. The molecule has 0 aliphatic rings. The van der Waals surface area contributed by atoms with Gasteiger partial charge in [-0.15, -0.1) is 0 Å². The van der Waals surface area contributed by atoms with Crippen LogP contribution in [-0.4, -0.2) is 58.2 Å². The lowest BCUT2D eigenvalue weighted by atomic mass is 10.1. The number of aliphatic carboxylic acids is 2. The van der Waals surface area contributed by atoms with Gasteiger partial charge in [0.15, 0.2) is 5.43 Å². The molecule has 40 heavy (non-hydrogen) atoms. The number of hydrogen-bond acceptors (Lipinski definition) is 8. The van der Waals surface area contributed by atoms with Crippen molar-refractivity contribution in [3.05, 3.63) is 107 Å². The molecule has 208 valence electrons. The molecule has 0 saturated carbocycles. The number of nitrogens with one attached hydrogen (secondary N) is 1. The third-order valence-corrected chi connectivity index (χ3v) is 5.48. The standard InChI is InChI=1S/C26H25NO5.C4H4O4/c28-20-8-6-18(7-9-20)12-13-27-16-21(29)17-31-22-10-11-23-24(30)15-25(32-26(23)14-22)19-4-2-1-3-5-19;5-3(6)1-2-4(7)8/h1-11,14-15,21,27-29H,12-13,16-17H2;1-2H,(H,5,6)(H,7,8)/b;2-1-. The van der Waals surface area contributed by atoms with Crippen LogP contribution in [0.25, 0.3) is 22.3 Å². The normalized spacial score (nSPS) is 11.5. The van der Waals surface area contributed by atoms with E-state index in [1.165, 1.54) is 6.07 Å². The van der Waals surface area contributed by atoms with Crippen LogP contribution < -0.4 is 15.5 Å². The van der Waals surface area contributed by atoms with Gasteiger partial charge in [-0.25, -0.2) is 9.59 Å². The number of phenolic OH excluding ortho intramolecular Hbond substituents is 1. The van der Waals surface area contributed by atoms with Crippen molar-refractivity contribution in [3.63, 3.8) is 0 Å². The van der Waals surface area contributed by atoms with Gasteiger partial charge in [-0.3, -0.25) is 4.79 Å². The number of rotatable bonds is 11. The number of hydrogen-bond donors (Lipinski definition) is 5. The number of fused-ring (bicyclic) bond motifs is 1. The molecule has 0 aliphatic carbocycles. The van der Waals surface area contributed by atoms with Crippen LogP contribution in [0.3, 0.4) is 0 Å². The maximum Gasteiger partial charge on any atom is 0.328 e. The largest absolute Gasteiger partial charge is 0.508 e. The Bertz CT molecular complexity index is 1480. The van der Waals surface area contributed by atoms with Crippen LogP contribution in [0.15, 0.2) is 100 Å². The summed E-state index contributed by atoms with van der Waals surface area (Å²) >= 11 is 0. The Balaban J connectivity index is 0.000000482. The highest BCUT2D eigenvalue weighted by Crippen LogP contribution is 2.25. The van der Waals surface area contributed by atoms with E-state index in [0.29, 0.717) is 47.7 Å². The first-order valence-corrected chi connectivity index (χ1v) is 12.3. The minimum Gasteiger partial charge on any atom is -0.508 e. The van der Waals surface area contributed by atoms with Crippen LogP contribution in [0.5, 0.6) is 11.5 Å². The Morgan fingerprint density at radius 2 is 1.60 bits per heavy atom. The molecule has 0 saturated heterocycles. The van der Waals surface area contributed by atoms with E-state index in [1.54, 1.807) is 30.3 Å². The summed E-state index contributed by atoms with van der Waals surface area (Å²) in [4.78, 5) is 31.6. The van der Waals surface area contributed by atoms with Crippen LogP contribution in [0.2, 0.25) is 0 Å².